The average Bonchev–Trinajstić information content (AvgIpc) is 3.53. The zero-order valence-electron chi connectivity index (χ0n) is 20.7. The molecule has 0 unspecified atom stereocenters. The molecule has 0 fully saturated rings. The van der Waals surface area contributed by atoms with E-state index in [0.29, 0.717) is 11.1 Å². The largest absolute Gasteiger partial charge is 0.434 e. The van der Waals surface area contributed by atoms with E-state index < -0.39 is 39.2 Å². The summed E-state index contributed by atoms with van der Waals surface area (Å²) in [6, 6.07) is 12.2. The molecule has 1 aliphatic rings. The van der Waals surface area contributed by atoms with Gasteiger partial charge in [-0.05, 0) is 54.4 Å². The first-order chi connectivity index (χ1) is 18.7. The fraction of sp³-hybridized carbons (Fsp3) is 0.115. The summed E-state index contributed by atoms with van der Waals surface area (Å²) < 4.78 is 108. The van der Waals surface area contributed by atoms with E-state index in [2.05, 4.69) is 15.9 Å². The maximum atomic E-state index is 14.1. The van der Waals surface area contributed by atoms with Gasteiger partial charge in [-0.2, -0.15) is 13.2 Å². The van der Waals surface area contributed by atoms with E-state index in [9.17, 15) is 34.8 Å². The van der Waals surface area contributed by atoms with Gasteiger partial charge in [0.2, 0.25) is 0 Å². The third-order valence-electron chi connectivity index (χ3n) is 6.15. The van der Waals surface area contributed by atoms with Crippen LogP contribution in [0, 0.1) is 24.4 Å². The number of alkyl halides is 3. The molecule has 5 rings (SSSR count). The molecule has 0 saturated carbocycles. The highest BCUT2D eigenvalue weighted by Crippen LogP contribution is 2.38. The minimum atomic E-state index is -4.72. The van der Waals surface area contributed by atoms with Crippen molar-refractivity contribution in [2.75, 3.05) is 11.3 Å². The molecular weight excluding hydrogens is 560 g/mol. The molecule has 0 saturated heterocycles. The summed E-state index contributed by atoms with van der Waals surface area (Å²) in [6.45, 7) is 1.37. The first-order valence-electron chi connectivity index (χ1n) is 11.5. The summed E-state index contributed by atoms with van der Waals surface area (Å²) in [5, 5.41) is 1.30. The fourth-order valence-corrected chi connectivity index (χ4v) is 4.91. The highest BCUT2D eigenvalue weighted by Gasteiger charge is 2.35. The third-order valence-corrected chi connectivity index (χ3v) is 7.26. The number of hydrogen-bond acceptors (Lipinski definition) is 6. The summed E-state index contributed by atoms with van der Waals surface area (Å²) in [5.74, 6) is -4.53. The standard InChI is InChI=1S/C26H19F6N5O2S/c1-14-34-24(26(30,31)32)13-36(14)21-7-6-16(15-4-3-5-18(8-15)40(2,38)39)11-22(21)37-23(12-33-35-37)17-9-19(27)25(29)20(28)10-17/h3-13,33,35H,1-2H3. The van der Waals surface area contributed by atoms with Crippen LogP contribution in [0.25, 0.3) is 22.5 Å². The van der Waals surface area contributed by atoms with Gasteiger partial charge >= 0.3 is 6.18 Å². The van der Waals surface area contributed by atoms with Gasteiger partial charge in [-0.15, -0.1) is 5.53 Å². The maximum Gasteiger partial charge on any atom is 0.434 e. The fourth-order valence-electron chi connectivity index (χ4n) is 4.24. The Hall–Kier alpha value is -4.30. The Kier molecular flexibility index (Phi) is 6.62. The molecule has 3 aromatic carbocycles. The number of imidazole rings is 1. The van der Waals surface area contributed by atoms with Crippen LogP contribution in [0.1, 0.15) is 17.1 Å². The number of rotatable bonds is 5. The van der Waals surface area contributed by atoms with Crippen molar-refractivity contribution in [1.82, 2.24) is 20.5 Å². The van der Waals surface area contributed by atoms with Crippen LogP contribution in [-0.4, -0.2) is 24.2 Å². The Morgan fingerprint density at radius 2 is 1.55 bits per heavy atom. The summed E-state index contributed by atoms with van der Waals surface area (Å²) in [5.41, 5.74) is 5.66. The first-order valence-corrected chi connectivity index (χ1v) is 13.4. The second-order valence-corrected chi connectivity index (χ2v) is 10.9. The zero-order chi connectivity index (χ0) is 29.0. The molecule has 0 radical (unpaired) electrons. The number of aromatic nitrogens is 2. The number of anilines is 1. The molecule has 1 aliphatic heterocycles. The molecule has 0 atom stereocenters. The Balaban J connectivity index is 1.71. The van der Waals surface area contributed by atoms with E-state index in [4.69, 9.17) is 0 Å². The van der Waals surface area contributed by atoms with Gasteiger partial charge in [0.1, 0.15) is 5.82 Å². The topological polar surface area (TPSA) is 79.3 Å². The van der Waals surface area contributed by atoms with E-state index >= 15 is 0 Å². The summed E-state index contributed by atoms with van der Waals surface area (Å²) >= 11 is 0. The van der Waals surface area contributed by atoms with Gasteiger partial charge in [0.05, 0.1) is 22.0 Å². The minimum absolute atomic E-state index is 0.00282. The van der Waals surface area contributed by atoms with Crippen molar-refractivity contribution in [2.24, 2.45) is 0 Å². The van der Waals surface area contributed by atoms with E-state index in [-0.39, 0.29) is 33.4 Å². The molecule has 0 spiro atoms. The summed E-state index contributed by atoms with van der Waals surface area (Å²) in [6.07, 6.45) is -1.53. The Morgan fingerprint density at radius 3 is 2.17 bits per heavy atom. The van der Waals surface area contributed by atoms with E-state index in [0.717, 1.165) is 24.6 Å². The van der Waals surface area contributed by atoms with Crippen molar-refractivity contribution in [3.63, 3.8) is 0 Å². The van der Waals surface area contributed by atoms with Crippen LogP contribution in [0.2, 0.25) is 0 Å². The smallest absolute Gasteiger partial charge is 0.309 e. The molecule has 40 heavy (non-hydrogen) atoms. The Labute approximate surface area is 224 Å². The van der Waals surface area contributed by atoms with Crippen LogP contribution >= 0.6 is 0 Å². The second-order valence-electron chi connectivity index (χ2n) is 8.92. The highest BCUT2D eigenvalue weighted by molar-refractivity contribution is 7.90. The number of hydrogen-bond donors (Lipinski definition) is 2. The molecule has 4 aromatic rings. The lowest BCUT2D eigenvalue weighted by molar-refractivity contribution is -0.141. The van der Waals surface area contributed by atoms with Crippen molar-refractivity contribution in [2.45, 2.75) is 18.0 Å². The van der Waals surface area contributed by atoms with Gasteiger partial charge in [0.15, 0.2) is 33.0 Å². The summed E-state index contributed by atoms with van der Waals surface area (Å²) in [4.78, 5) is 3.67. The predicted octanol–water partition coefficient (Wildman–Crippen LogP) is 5.52. The van der Waals surface area contributed by atoms with Gasteiger partial charge in [0, 0.05) is 24.2 Å². The first kappa shape index (κ1) is 27.3. The molecule has 208 valence electrons. The number of aryl methyl sites for hydroxylation is 1. The molecule has 0 bridgehead atoms. The lowest BCUT2D eigenvalue weighted by Gasteiger charge is -2.26. The van der Waals surface area contributed by atoms with Crippen LogP contribution in [0.15, 0.2) is 71.9 Å². The normalized spacial score (nSPS) is 13.9. The number of hydrazine groups is 2. The number of benzene rings is 3. The van der Waals surface area contributed by atoms with Crippen LogP contribution in [0.4, 0.5) is 32.0 Å². The number of nitrogens with one attached hydrogen (secondary N) is 2. The molecule has 0 amide bonds. The highest BCUT2D eigenvalue weighted by atomic mass is 32.2. The van der Waals surface area contributed by atoms with Crippen molar-refractivity contribution in [3.05, 3.63) is 102 Å². The van der Waals surface area contributed by atoms with Gasteiger partial charge < -0.3 is 9.99 Å². The molecule has 7 nitrogen and oxygen atoms in total. The predicted molar refractivity (Wildman–Crippen MR) is 135 cm³/mol. The molecule has 14 heteroatoms. The zero-order valence-corrected chi connectivity index (χ0v) is 21.5. The second kappa shape index (κ2) is 9.71. The maximum absolute atomic E-state index is 14.1. The van der Waals surface area contributed by atoms with Crippen LogP contribution in [0.3, 0.4) is 0 Å². The monoisotopic (exact) mass is 579 g/mol. The van der Waals surface area contributed by atoms with Crippen molar-refractivity contribution >= 4 is 21.2 Å². The lowest BCUT2D eigenvalue weighted by Crippen LogP contribution is -2.37. The van der Waals surface area contributed by atoms with Crippen LogP contribution in [0.5, 0.6) is 0 Å². The average molecular weight is 580 g/mol. The third kappa shape index (κ3) is 5.02. The van der Waals surface area contributed by atoms with Gasteiger partial charge in [-0.25, -0.2) is 26.6 Å². The van der Waals surface area contributed by atoms with Crippen LogP contribution < -0.4 is 16.0 Å². The van der Waals surface area contributed by atoms with E-state index in [1.165, 1.54) is 40.9 Å². The minimum Gasteiger partial charge on any atom is -0.309 e. The summed E-state index contributed by atoms with van der Waals surface area (Å²) in [7, 11) is -3.55. The van der Waals surface area contributed by atoms with Crippen LogP contribution in [-0.2, 0) is 16.0 Å². The SMILES string of the molecule is Cc1nc(C(F)(F)F)cn1-c1ccc(-c2cccc(S(C)(=O)=O)c2)cc1N1NNC=C1c1cc(F)c(F)c(F)c1. The molecule has 0 aliphatic carbocycles. The molecular formula is C26H19F6N5O2S. The molecule has 1 aromatic heterocycles. The number of nitrogens with zero attached hydrogens (tertiary/aromatic N) is 3. The lowest BCUT2D eigenvalue weighted by atomic mass is 10.0. The van der Waals surface area contributed by atoms with Crippen molar-refractivity contribution in [1.29, 1.82) is 0 Å². The number of sulfone groups is 1. The van der Waals surface area contributed by atoms with Crippen molar-refractivity contribution < 1.29 is 34.8 Å². The molecule has 2 N–H and O–H groups in total. The Bertz CT molecular complexity index is 1760. The van der Waals surface area contributed by atoms with Gasteiger partial charge in [0.25, 0.3) is 0 Å². The Morgan fingerprint density at radius 1 is 0.875 bits per heavy atom. The number of halogens is 6. The van der Waals surface area contributed by atoms with Crippen molar-refractivity contribution in [3.8, 4) is 16.8 Å². The van der Waals surface area contributed by atoms with Gasteiger partial charge in [-0.3, -0.25) is 5.01 Å². The quantitative estimate of drug-likeness (QED) is 0.240. The molecule has 2 heterocycles. The van der Waals surface area contributed by atoms with Gasteiger partial charge in [-0.1, -0.05) is 18.2 Å². The van der Waals surface area contributed by atoms with E-state index in [1.807, 2.05) is 0 Å². The van der Waals surface area contributed by atoms with E-state index in [1.54, 1.807) is 24.3 Å².